The zero-order valence-electron chi connectivity index (χ0n) is 10.5. The zero-order chi connectivity index (χ0) is 13.5. The van der Waals surface area contributed by atoms with Crippen LogP contribution in [-0.2, 0) is 4.79 Å². The monoisotopic (exact) mass is 251 g/mol. The minimum Gasteiger partial charge on any atom is -0.480 e. The molecule has 1 rings (SSSR count). The molecule has 2 N–H and O–H groups in total. The standard InChI is InChI=1S/C12H17N3O3/c1-3-4-5-9(12(17)18)15-11(16)10-7-13-8(2)6-14-10/h6-7,9H,3-5H2,1-2H3,(H,15,16)(H,17,18). The predicted molar refractivity (Wildman–Crippen MR) is 65.2 cm³/mol. The van der Waals surface area contributed by atoms with Gasteiger partial charge >= 0.3 is 5.97 Å². The number of carbonyl (C=O) groups excluding carboxylic acids is 1. The number of nitrogens with zero attached hydrogens (tertiary/aromatic N) is 2. The molecule has 1 heterocycles. The summed E-state index contributed by atoms with van der Waals surface area (Å²) in [5.74, 6) is -1.54. The quantitative estimate of drug-likeness (QED) is 0.791. The summed E-state index contributed by atoms with van der Waals surface area (Å²) in [5, 5.41) is 11.4. The van der Waals surface area contributed by atoms with Crippen LogP contribution in [0.4, 0.5) is 0 Å². The van der Waals surface area contributed by atoms with Gasteiger partial charge in [-0.3, -0.25) is 9.78 Å². The second-order valence-electron chi connectivity index (χ2n) is 4.05. The van der Waals surface area contributed by atoms with Gasteiger partial charge in [-0.15, -0.1) is 0 Å². The fourth-order valence-electron chi connectivity index (χ4n) is 1.41. The summed E-state index contributed by atoms with van der Waals surface area (Å²) < 4.78 is 0. The first-order valence-electron chi connectivity index (χ1n) is 5.87. The largest absolute Gasteiger partial charge is 0.480 e. The highest BCUT2D eigenvalue weighted by molar-refractivity contribution is 5.94. The average Bonchev–Trinajstić information content (AvgIpc) is 2.34. The van der Waals surface area contributed by atoms with Crippen molar-refractivity contribution in [3.8, 4) is 0 Å². The molecule has 18 heavy (non-hydrogen) atoms. The number of nitrogens with one attached hydrogen (secondary N) is 1. The summed E-state index contributed by atoms with van der Waals surface area (Å²) in [7, 11) is 0. The smallest absolute Gasteiger partial charge is 0.326 e. The van der Waals surface area contributed by atoms with Crippen LogP contribution >= 0.6 is 0 Å². The van der Waals surface area contributed by atoms with Gasteiger partial charge in [0.1, 0.15) is 11.7 Å². The molecule has 0 radical (unpaired) electrons. The van der Waals surface area contributed by atoms with Gasteiger partial charge in [-0.25, -0.2) is 9.78 Å². The highest BCUT2D eigenvalue weighted by Crippen LogP contribution is 2.02. The lowest BCUT2D eigenvalue weighted by Crippen LogP contribution is -2.41. The lowest BCUT2D eigenvalue weighted by Gasteiger charge is -2.13. The van der Waals surface area contributed by atoms with Crippen molar-refractivity contribution in [1.29, 1.82) is 0 Å². The Bertz CT molecular complexity index is 417. The van der Waals surface area contributed by atoms with Crippen molar-refractivity contribution in [2.24, 2.45) is 0 Å². The van der Waals surface area contributed by atoms with Gasteiger partial charge in [0, 0.05) is 6.20 Å². The van der Waals surface area contributed by atoms with Crippen LogP contribution in [0.2, 0.25) is 0 Å². The molecule has 1 amide bonds. The summed E-state index contributed by atoms with van der Waals surface area (Å²) in [6.07, 6.45) is 4.85. The first-order valence-corrected chi connectivity index (χ1v) is 5.87. The number of carbonyl (C=O) groups is 2. The number of hydrogen-bond acceptors (Lipinski definition) is 4. The van der Waals surface area contributed by atoms with E-state index in [1.165, 1.54) is 12.4 Å². The fraction of sp³-hybridized carbons (Fsp3) is 0.500. The highest BCUT2D eigenvalue weighted by Gasteiger charge is 2.20. The van der Waals surface area contributed by atoms with Crippen molar-refractivity contribution in [2.45, 2.75) is 39.2 Å². The van der Waals surface area contributed by atoms with Crippen molar-refractivity contribution in [2.75, 3.05) is 0 Å². The van der Waals surface area contributed by atoms with Crippen LogP contribution in [0, 0.1) is 6.92 Å². The van der Waals surface area contributed by atoms with Gasteiger partial charge in [0.15, 0.2) is 0 Å². The summed E-state index contributed by atoms with van der Waals surface area (Å²) in [5.41, 5.74) is 0.829. The first-order chi connectivity index (χ1) is 8.54. The van der Waals surface area contributed by atoms with Gasteiger partial charge < -0.3 is 10.4 Å². The fourth-order valence-corrected chi connectivity index (χ4v) is 1.41. The van der Waals surface area contributed by atoms with E-state index < -0.39 is 17.9 Å². The molecule has 0 spiro atoms. The Hall–Kier alpha value is -1.98. The minimum absolute atomic E-state index is 0.128. The molecular weight excluding hydrogens is 234 g/mol. The topological polar surface area (TPSA) is 92.2 Å². The molecule has 6 heteroatoms. The molecule has 0 aromatic carbocycles. The molecule has 0 saturated carbocycles. The Morgan fingerprint density at radius 2 is 2.11 bits per heavy atom. The molecule has 0 aliphatic heterocycles. The van der Waals surface area contributed by atoms with Gasteiger partial charge in [-0.2, -0.15) is 0 Å². The summed E-state index contributed by atoms with van der Waals surface area (Å²) in [6.45, 7) is 3.72. The second kappa shape index (κ2) is 6.68. The van der Waals surface area contributed by atoms with Crippen molar-refractivity contribution in [1.82, 2.24) is 15.3 Å². The van der Waals surface area contributed by atoms with Gasteiger partial charge in [-0.05, 0) is 13.3 Å². The van der Waals surface area contributed by atoms with Crippen molar-refractivity contribution in [3.05, 3.63) is 23.8 Å². The minimum atomic E-state index is -1.03. The van der Waals surface area contributed by atoms with Gasteiger partial charge in [0.05, 0.1) is 11.9 Å². The Kier molecular flexibility index (Phi) is 5.23. The lowest BCUT2D eigenvalue weighted by molar-refractivity contribution is -0.139. The molecule has 6 nitrogen and oxygen atoms in total. The maximum atomic E-state index is 11.8. The first kappa shape index (κ1) is 14.1. The van der Waals surface area contributed by atoms with Gasteiger partial charge in [0.25, 0.3) is 5.91 Å². The highest BCUT2D eigenvalue weighted by atomic mass is 16.4. The van der Waals surface area contributed by atoms with Crippen LogP contribution < -0.4 is 5.32 Å². The average molecular weight is 251 g/mol. The van der Waals surface area contributed by atoms with Crippen LogP contribution in [0.1, 0.15) is 42.4 Å². The van der Waals surface area contributed by atoms with Gasteiger partial charge in [0.2, 0.25) is 0 Å². The molecule has 1 atom stereocenters. The summed E-state index contributed by atoms with van der Waals surface area (Å²) in [6, 6.07) is -0.874. The Morgan fingerprint density at radius 3 is 2.61 bits per heavy atom. The van der Waals surface area contributed by atoms with Crippen molar-refractivity contribution < 1.29 is 14.7 Å². The Balaban J connectivity index is 2.66. The number of amides is 1. The zero-order valence-corrected chi connectivity index (χ0v) is 10.5. The molecule has 0 saturated heterocycles. The van der Waals surface area contributed by atoms with E-state index in [4.69, 9.17) is 5.11 Å². The molecule has 0 bridgehead atoms. The number of aliphatic carboxylic acids is 1. The summed E-state index contributed by atoms with van der Waals surface area (Å²) >= 11 is 0. The van der Waals surface area contributed by atoms with Crippen LogP contribution in [0.5, 0.6) is 0 Å². The number of unbranched alkanes of at least 4 members (excludes halogenated alkanes) is 1. The van der Waals surface area contributed by atoms with Crippen LogP contribution in [0.15, 0.2) is 12.4 Å². The maximum absolute atomic E-state index is 11.8. The normalized spacial score (nSPS) is 11.9. The third-order valence-corrected chi connectivity index (χ3v) is 2.46. The van der Waals surface area contributed by atoms with Crippen LogP contribution in [-0.4, -0.2) is 33.0 Å². The third kappa shape index (κ3) is 4.12. The molecular formula is C12H17N3O3. The molecule has 0 fully saturated rings. The van der Waals surface area contributed by atoms with Crippen molar-refractivity contribution >= 4 is 11.9 Å². The molecule has 0 aliphatic rings. The van der Waals surface area contributed by atoms with E-state index in [0.717, 1.165) is 12.8 Å². The van der Waals surface area contributed by atoms with E-state index in [1.807, 2.05) is 6.92 Å². The Labute approximate surface area is 105 Å². The van der Waals surface area contributed by atoms with Crippen LogP contribution in [0.3, 0.4) is 0 Å². The lowest BCUT2D eigenvalue weighted by atomic mass is 10.1. The number of carboxylic acids is 1. The molecule has 1 unspecified atom stereocenters. The number of aryl methyl sites for hydroxylation is 1. The third-order valence-electron chi connectivity index (χ3n) is 2.46. The van der Waals surface area contributed by atoms with E-state index in [9.17, 15) is 9.59 Å². The number of aromatic nitrogens is 2. The molecule has 0 aliphatic carbocycles. The molecule has 1 aromatic heterocycles. The van der Waals surface area contributed by atoms with E-state index in [2.05, 4.69) is 15.3 Å². The number of carboxylic acid groups (broad SMARTS) is 1. The van der Waals surface area contributed by atoms with Crippen LogP contribution in [0.25, 0.3) is 0 Å². The Morgan fingerprint density at radius 1 is 1.39 bits per heavy atom. The number of hydrogen-bond donors (Lipinski definition) is 2. The predicted octanol–water partition coefficient (Wildman–Crippen LogP) is 1.16. The van der Waals surface area contributed by atoms with E-state index in [0.29, 0.717) is 12.1 Å². The summed E-state index contributed by atoms with van der Waals surface area (Å²) in [4.78, 5) is 30.6. The van der Waals surface area contributed by atoms with Gasteiger partial charge in [-0.1, -0.05) is 19.8 Å². The maximum Gasteiger partial charge on any atom is 0.326 e. The molecule has 98 valence electrons. The van der Waals surface area contributed by atoms with E-state index in [1.54, 1.807) is 6.92 Å². The van der Waals surface area contributed by atoms with E-state index in [-0.39, 0.29) is 5.69 Å². The molecule has 1 aromatic rings. The SMILES string of the molecule is CCCCC(NC(=O)c1cnc(C)cn1)C(=O)O. The number of rotatable bonds is 6. The second-order valence-corrected chi connectivity index (χ2v) is 4.05. The van der Waals surface area contributed by atoms with Crippen molar-refractivity contribution in [3.63, 3.8) is 0 Å². The van der Waals surface area contributed by atoms with E-state index >= 15 is 0 Å².